The average Bonchev–Trinajstić information content (AvgIpc) is 2.45. The molecule has 2 rings (SSSR count). The zero-order valence-corrected chi connectivity index (χ0v) is 10.4. The van der Waals surface area contributed by atoms with Crippen LogP contribution in [0.25, 0.3) is 0 Å². The highest BCUT2D eigenvalue weighted by atomic mass is 19.1. The molecule has 0 radical (unpaired) electrons. The van der Waals surface area contributed by atoms with Gasteiger partial charge in [0.25, 0.3) is 0 Å². The Morgan fingerprint density at radius 1 is 1.16 bits per heavy atom. The lowest BCUT2D eigenvalue weighted by Gasteiger charge is -2.07. The highest BCUT2D eigenvalue weighted by Crippen LogP contribution is 2.14. The number of esters is 1. The smallest absolute Gasteiger partial charge is 0.341 e. The Balaban J connectivity index is 2.02. The first-order chi connectivity index (χ1) is 9.20. The van der Waals surface area contributed by atoms with E-state index in [9.17, 15) is 9.18 Å². The quantitative estimate of drug-likeness (QED) is 0.792. The summed E-state index contributed by atoms with van der Waals surface area (Å²) in [6, 6.07) is 12.9. The minimum Gasteiger partial charge on any atom is -0.497 e. The molecule has 0 spiro atoms. The number of halogens is 1. The summed E-state index contributed by atoms with van der Waals surface area (Å²) < 4.78 is 23.5. The molecule has 0 aliphatic rings. The molecule has 2 aromatic carbocycles. The Morgan fingerprint density at radius 3 is 2.68 bits per heavy atom. The van der Waals surface area contributed by atoms with Crippen molar-refractivity contribution in [2.45, 2.75) is 6.61 Å². The van der Waals surface area contributed by atoms with Crippen molar-refractivity contribution in [1.29, 1.82) is 0 Å². The number of hydrogen-bond donors (Lipinski definition) is 0. The molecule has 0 heterocycles. The fraction of sp³-hybridized carbons (Fsp3) is 0.133. The molecule has 19 heavy (non-hydrogen) atoms. The van der Waals surface area contributed by atoms with Gasteiger partial charge in [-0.3, -0.25) is 0 Å². The summed E-state index contributed by atoms with van der Waals surface area (Å²) >= 11 is 0. The molecular weight excluding hydrogens is 247 g/mol. The van der Waals surface area contributed by atoms with Crippen LogP contribution in [0.1, 0.15) is 15.9 Å². The largest absolute Gasteiger partial charge is 0.497 e. The molecule has 0 fully saturated rings. The minimum atomic E-state index is -0.680. The molecule has 0 N–H and O–H groups in total. The van der Waals surface area contributed by atoms with Crippen LogP contribution in [0.3, 0.4) is 0 Å². The van der Waals surface area contributed by atoms with E-state index >= 15 is 0 Å². The Hall–Kier alpha value is -2.36. The van der Waals surface area contributed by atoms with E-state index in [4.69, 9.17) is 9.47 Å². The van der Waals surface area contributed by atoms with E-state index in [0.717, 1.165) is 5.56 Å². The Bertz CT molecular complexity index is 581. The SMILES string of the molecule is COc1cccc(COC(=O)c2ccccc2F)c1. The summed E-state index contributed by atoms with van der Waals surface area (Å²) in [6.07, 6.45) is 0. The molecule has 4 heteroatoms. The van der Waals surface area contributed by atoms with Crippen molar-refractivity contribution in [1.82, 2.24) is 0 Å². The molecule has 0 saturated carbocycles. The van der Waals surface area contributed by atoms with Gasteiger partial charge < -0.3 is 9.47 Å². The first kappa shape index (κ1) is 13.1. The topological polar surface area (TPSA) is 35.5 Å². The van der Waals surface area contributed by atoms with Crippen LogP contribution < -0.4 is 4.74 Å². The second kappa shape index (κ2) is 6.00. The number of methoxy groups -OCH3 is 1. The van der Waals surface area contributed by atoms with E-state index in [1.165, 1.54) is 18.2 Å². The molecule has 0 saturated heterocycles. The van der Waals surface area contributed by atoms with Crippen LogP contribution in [0, 0.1) is 5.82 Å². The summed E-state index contributed by atoms with van der Waals surface area (Å²) in [5.74, 6) is -0.585. The zero-order valence-electron chi connectivity index (χ0n) is 10.4. The van der Waals surface area contributed by atoms with Crippen LogP contribution in [0.15, 0.2) is 48.5 Å². The Kier molecular flexibility index (Phi) is 4.13. The predicted molar refractivity (Wildman–Crippen MR) is 68.5 cm³/mol. The fourth-order valence-electron chi connectivity index (χ4n) is 1.62. The number of carbonyl (C=O) groups is 1. The summed E-state index contributed by atoms with van der Waals surface area (Å²) in [6.45, 7) is 0.0738. The monoisotopic (exact) mass is 260 g/mol. The molecule has 0 atom stereocenters. The Labute approximate surface area is 110 Å². The molecule has 98 valence electrons. The maximum atomic E-state index is 13.4. The summed E-state index contributed by atoms with van der Waals surface area (Å²) in [5, 5.41) is 0. The molecule has 0 aliphatic heterocycles. The molecule has 0 unspecified atom stereocenters. The lowest BCUT2D eigenvalue weighted by molar-refractivity contribution is 0.0467. The van der Waals surface area contributed by atoms with Crippen LogP contribution in [0.4, 0.5) is 4.39 Å². The molecule has 0 aliphatic carbocycles. The summed E-state index contributed by atoms with van der Waals surface area (Å²) in [4.78, 5) is 11.7. The lowest BCUT2D eigenvalue weighted by Crippen LogP contribution is -2.07. The van der Waals surface area contributed by atoms with Crippen molar-refractivity contribution in [3.8, 4) is 5.75 Å². The van der Waals surface area contributed by atoms with Crippen molar-refractivity contribution in [2.75, 3.05) is 7.11 Å². The third-order valence-corrected chi connectivity index (χ3v) is 2.60. The van der Waals surface area contributed by atoms with Gasteiger partial charge in [-0.2, -0.15) is 0 Å². The van der Waals surface area contributed by atoms with Gasteiger partial charge in [0.1, 0.15) is 18.2 Å². The molecule has 0 amide bonds. The van der Waals surface area contributed by atoms with Crippen LogP contribution in [0.5, 0.6) is 5.75 Å². The van der Waals surface area contributed by atoms with Crippen molar-refractivity contribution in [3.05, 3.63) is 65.5 Å². The molecular formula is C15H13FO3. The third-order valence-electron chi connectivity index (χ3n) is 2.60. The van der Waals surface area contributed by atoms with E-state index in [1.807, 2.05) is 0 Å². The van der Waals surface area contributed by atoms with Crippen molar-refractivity contribution < 1.29 is 18.7 Å². The van der Waals surface area contributed by atoms with Gasteiger partial charge in [0.15, 0.2) is 0 Å². The predicted octanol–water partition coefficient (Wildman–Crippen LogP) is 3.19. The zero-order chi connectivity index (χ0) is 13.7. The second-order valence-electron chi connectivity index (χ2n) is 3.91. The number of carbonyl (C=O) groups excluding carboxylic acids is 1. The van der Waals surface area contributed by atoms with Gasteiger partial charge in [-0.05, 0) is 29.8 Å². The molecule has 3 nitrogen and oxygen atoms in total. The lowest BCUT2D eigenvalue weighted by atomic mass is 10.2. The van der Waals surface area contributed by atoms with Gasteiger partial charge in [-0.15, -0.1) is 0 Å². The number of ether oxygens (including phenoxy) is 2. The maximum absolute atomic E-state index is 13.4. The maximum Gasteiger partial charge on any atom is 0.341 e. The van der Waals surface area contributed by atoms with Crippen LogP contribution in [0.2, 0.25) is 0 Å². The third kappa shape index (κ3) is 3.31. The second-order valence-corrected chi connectivity index (χ2v) is 3.91. The molecule has 0 aromatic heterocycles. The van der Waals surface area contributed by atoms with Gasteiger partial charge in [0, 0.05) is 0 Å². The fourth-order valence-corrected chi connectivity index (χ4v) is 1.62. The van der Waals surface area contributed by atoms with Gasteiger partial charge >= 0.3 is 5.97 Å². The van der Waals surface area contributed by atoms with Gasteiger partial charge in [0.2, 0.25) is 0 Å². The standard InChI is InChI=1S/C15H13FO3/c1-18-12-6-4-5-11(9-12)10-19-15(17)13-7-2-3-8-14(13)16/h2-9H,10H2,1H3. The van der Waals surface area contributed by atoms with Crippen LogP contribution in [-0.4, -0.2) is 13.1 Å². The van der Waals surface area contributed by atoms with E-state index < -0.39 is 11.8 Å². The average molecular weight is 260 g/mol. The Morgan fingerprint density at radius 2 is 1.95 bits per heavy atom. The highest BCUT2D eigenvalue weighted by Gasteiger charge is 2.12. The van der Waals surface area contributed by atoms with E-state index in [2.05, 4.69) is 0 Å². The number of rotatable bonds is 4. The summed E-state index contributed by atoms with van der Waals surface area (Å²) in [5.41, 5.74) is 0.717. The van der Waals surface area contributed by atoms with Crippen molar-refractivity contribution in [2.24, 2.45) is 0 Å². The number of hydrogen-bond acceptors (Lipinski definition) is 3. The van der Waals surface area contributed by atoms with Crippen molar-refractivity contribution in [3.63, 3.8) is 0 Å². The van der Waals surface area contributed by atoms with E-state index in [0.29, 0.717) is 5.75 Å². The molecule has 2 aromatic rings. The normalized spacial score (nSPS) is 10.0. The van der Waals surface area contributed by atoms with Crippen molar-refractivity contribution >= 4 is 5.97 Å². The van der Waals surface area contributed by atoms with Crippen LogP contribution >= 0.6 is 0 Å². The van der Waals surface area contributed by atoms with Gasteiger partial charge in [0.05, 0.1) is 12.7 Å². The highest BCUT2D eigenvalue weighted by molar-refractivity contribution is 5.89. The van der Waals surface area contributed by atoms with Gasteiger partial charge in [-0.25, -0.2) is 9.18 Å². The first-order valence-electron chi connectivity index (χ1n) is 5.75. The first-order valence-corrected chi connectivity index (χ1v) is 5.75. The molecule has 0 bridgehead atoms. The number of benzene rings is 2. The van der Waals surface area contributed by atoms with Crippen LogP contribution in [-0.2, 0) is 11.3 Å². The van der Waals surface area contributed by atoms with Gasteiger partial charge in [-0.1, -0.05) is 24.3 Å². The summed E-state index contributed by atoms with van der Waals surface area (Å²) in [7, 11) is 1.56. The minimum absolute atomic E-state index is 0.0644. The van der Waals surface area contributed by atoms with E-state index in [-0.39, 0.29) is 12.2 Å². The van der Waals surface area contributed by atoms with E-state index in [1.54, 1.807) is 37.4 Å².